The molecule has 3 heterocycles. The van der Waals surface area contributed by atoms with E-state index in [1.807, 2.05) is 18.4 Å². The Labute approximate surface area is 169 Å². The molecule has 5 nitrogen and oxygen atoms in total. The number of halogens is 1. The van der Waals surface area contributed by atoms with Crippen LogP contribution in [0.1, 0.15) is 30.7 Å². The Kier molecular flexibility index (Phi) is 6.41. The first-order valence-electron chi connectivity index (χ1n) is 8.78. The van der Waals surface area contributed by atoms with E-state index in [1.165, 1.54) is 24.2 Å². The largest absolute Gasteiger partial charge is 0.314 e. The molecule has 1 N–H and O–H groups in total. The number of aryl methyl sites for hydroxylation is 1. The van der Waals surface area contributed by atoms with Crippen molar-refractivity contribution in [2.24, 2.45) is 5.92 Å². The van der Waals surface area contributed by atoms with Gasteiger partial charge in [0.05, 0.1) is 15.6 Å². The van der Waals surface area contributed by atoms with Crippen molar-refractivity contribution in [1.82, 2.24) is 14.6 Å². The van der Waals surface area contributed by atoms with Crippen molar-refractivity contribution in [1.29, 1.82) is 0 Å². The maximum absolute atomic E-state index is 12.9. The molecule has 0 aromatic carbocycles. The fourth-order valence-corrected chi connectivity index (χ4v) is 6.73. The number of nitrogens with one attached hydrogen (secondary N) is 1. The Morgan fingerprint density at radius 1 is 1.23 bits per heavy atom. The first-order chi connectivity index (χ1) is 12.0. The van der Waals surface area contributed by atoms with Crippen LogP contribution in [-0.2, 0) is 10.0 Å². The molecule has 144 valence electrons. The fraction of sp³-hybridized carbons (Fsp3) is 0.588. The van der Waals surface area contributed by atoms with Crippen molar-refractivity contribution < 1.29 is 8.42 Å². The highest BCUT2D eigenvalue weighted by atomic mass is 35.5. The summed E-state index contributed by atoms with van der Waals surface area (Å²) in [6.45, 7) is 4.26. The number of sulfonamides is 1. The molecule has 1 aliphatic heterocycles. The maximum Gasteiger partial charge on any atom is 0.252 e. The molecule has 2 aliphatic rings. The molecule has 4 rings (SSSR count). The summed E-state index contributed by atoms with van der Waals surface area (Å²) < 4.78 is 27.9. The number of nitrogens with zero attached hydrogens (tertiary/aromatic N) is 2. The summed E-state index contributed by atoms with van der Waals surface area (Å²) >= 11 is 2.91. The molecule has 0 spiro atoms. The highest BCUT2D eigenvalue weighted by Gasteiger charge is 2.31. The Balaban J connectivity index is 0.00000196. The van der Waals surface area contributed by atoms with E-state index in [9.17, 15) is 8.42 Å². The molecule has 1 saturated carbocycles. The summed E-state index contributed by atoms with van der Waals surface area (Å²) in [6.07, 6.45) is 4.49. The number of piperidine rings is 1. The monoisotopic (exact) mass is 433 g/mol. The number of thiazole rings is 1. The van der Waals surface area contributed by atoms with Gasteiger partial charge < -0.3 is 5.32 Å². The second kappa shape index (κ2) is 8.24. The van der Waals surface area contributed by atoms with Crippen LogP contribution in [0, 0.1) is 12.8 Å². The predicted molar refractivity (Wildman–Crippen MR) is 110 cm³/mol. The summed E-state index contributed by atoms with van der Waals surface area (Å²) in [5.74, 6) is 0.862. The molecule has 26 heavy (non-hydrogen) atoms. The van der Waals surface area contributed by atoms with Gasteiger partial charge in [0.2, 0.25) is 0 Å². The highest BCUT2D eigenvalue weighted by Crippen LogP contribution is 2.33. The normalized spacial score (nSPS) is 19.4. The van der Waals surface area contributed by atoms with Crippen LogP contribution in [0.4, 0.5) is 0 Å². The van der Waals surface area contributed by atoms with Gasteiger partial charge in [-0.3, -0.25) is 0 Å². The molecular formula is C17H24ClN3O2S3. The lowest BCUT2D eigenvalue weighted by molar-refractivity contribution is 0.288. The van der Waals surface area contributed by atoms with Crippen LogP contribution in [0.15, 0.2) is 21.7 Å². The van der Waals surface area contributed by atoms with Crippen LogP contribution < -0.4 is 5.32 Å². The van der Waals surface area contributed by atoms with Crippen LogP contribution in [0.5, 0.6) is 0 Å². The molecule has 0 bridgehead atoms. The average molecular weight is 434 g/mol. The fourth-order valence-electron chi connectivity index (χ4n) is 3.16. The van der Waals surface area contributed by atoms with Crippen LogP contribution in [-0.4, -0.2) is 43.4 Å². The third kappa shape index (κ3) is 4.48. The van der Waals surface area contributed by atoms with Crippen molar-refractivity contribution in [3.05, 3.63) is 22.5 Å². The second-order valence-electron chi connectivity index (χ2n) is 6.90. The quantitative estimate of drug-likeness (QED) is 0.753. The van der Waals surface area contributed by atoms with E-state index < -0.39 is 10.0 Å². The first kappa shape index (κ1) is 20.2. The van der Waals surface area contributed by atoms with E-state index in [0.29, 0.717) is 23.3 Å². The first-order valence-corrected chi connectivity index (χ1v) is 11.9. The number of thiophene rings is 1. The van der Waals surface area contributed by atoms with Gasteiger partial charge in [-0.15, -0.1) is 35.1 Å². The molecular weight excluding hydrogens is 410 g/mol. The summed E-state index contributed by atoms with van der Waals surface area (Å²) in [7, 11) is -3.39. The van der Waals surface area contributed by atoms with Crippen LogP contribution in [0.2, 0.25) is 0 Å². The summed E-state index contributed by atoms with van der Waals surface area (Å²) in [5, 5.41) is 6.57. The van der Waals surface area contributed by atoms with Gasteiger partial charge in [-0.25, -0.2) is 13.4 Å². The van der Waals surface area contributed by atoms with Gasteiger partial charge in [-0.05, 0) is 57.2 Å². The van der Waals surface area contributed by atoms with E-state index in [1.54, 1.807) is 21.7 Å². The third-order valence-electron chi connectivity index (χ3n) is 4.89. The maximum atomic E-state index is 12.9. The summed E-state index contributed by atoms with van der Waals surface area (Å²) in [6, 6.07) is 4.06. The number of rotatable bonds is 6. The number of aromatic nitrogens is 1. The van der Waals surface area contributed by atoms with E-state index in [-0.39, 0.29) is 12.4 Å². The van der Waals surface area contributed by atoms with Crippen molar-refractivity contribution in [2.45, 2.75) is 42.9 Å². The standard InChI is InChI=1S/C17H23N3O2S3.ClH/c1-12-19-15(11-23-12)16-4-5-17(24-16)25(21,22)20-8-6-14(7-9-20)18-10-13-2-3-13;/h4-5,11,13-14,18H,2-3,6-10H2,1H3;1H. The molecule has 2 aromatic rings. The van der Waals surface area contributed by atoms with Crippen LogP contribution in [0.3, 0.4) is 0 Å². The zero-order chi connectivity index (χ0) is 17.4. The van der Waals surface area contributed by atoms with Crippen molar-refractivity contribution in [3.8, 4) is 10.6 Å². The summed E-state index contributed by atoms with van der Waals surface area (Å²) in [4.78, 5) is 5.37. The SMILES string of the molecule is Cc1nc(-c2ccc(S(=O)(=O)N3CCC(NCC4CC4)CC3)s2)cs1.Cl. The number of hydrogen-bond donors (Lipinski definition) is 1. The average Bonchev–Trinajstić information content (AvgIpc) is 3.11. The lowest BCUT2D eigenvalue weighted by Crippen LogP contribution is -2.45. The molecule has 0 unspecified atom stereocenters. The van der Waals surface area contributed by atoms with Gasteiger partial charge >= 0.3 is 0 Å². The van der Waals surface area contributed by atoms with E-state index in [2.05, 4.69) is 10.3 Å². The van der Waals surface area contributed by atoms with Gasteiger partial charge in [0, 0.05) is 24.5 Å². The van der Waals surface area contributed by atoms with Crippen LogP contribution >= 0.6 is 35.1 Å². The lowest BCUT2D eigenvalue weighted by Gasteiger charge is -2.31. The van der Waals surface area contributed by atoms with E-state index in [0.717, 1.165) is 40.9 Å². The molecule has 9 heteroatoms. The lowest BCUT2D eigenvalue weighted by atomic mass is 10.1. The van der Waals surface area contributed by atoms with Crippen molar-refractivity contribution >= 4 is 45.1 Å². The zero-order valence-corrected chi connectivity index (χ0v) is 17.9. The van der Waals surface area contributed by atoms with Gasteiger partial charge in [-0.1, -0.05) is 0 Å². The predicted octanol–water partition coefficient (Wildman–Crippen LogP) is 3.75. The minimum absolute atomic E-state index is 0. The van der Waals surface area contributed by atoms with E-state index in [4.69, 9.17) is 0 Å². The molecule has 0 atom stereocenters. The van der Waals surface area contributed by atoms with Gasteiger partial charge in [0.25, 0.3) is 10.0 Å². The van der Waals surface area contributed by atoms with Gasteiger partial charge in [0.1, 0.15) is 4.21 Å². The highest BCUT2D eigenvalue weighted by molar-refractivity contribution is 7.91. The third-order valence-corrected chi connectivity index (χ3v) is 9.14. The Morgan fingerprint density at radius 3 is 2.58 bits per heavy atom. The summed E-state index contributed by atoms with van der Waals surface area (Å²) in [5.41, 5.74) is 0.872. The van der Waals surface area contributed by atoms with Crippen LogP contribution in [0.25, 0.3) is 10.6 Å². The minimum Gasteiger partial charge on any atom is -0.314 e. The van der Waals surface area contributed by atoms with Crippen molar-refractivity contribution in [2.75, 3.05) is 19.6 Å². The Morgan fingerprint density at radius 2 is 1.96 bits per heavy atom. The molecule has 2 fully saturated rings. The Hall–Kier alpha value is -0.510. The zero-order valence-electron chi connectivity index (χ0n) is 14.7. The molecule has 1 aliphatic carbocycles. The Bertz CT molecular complexity index is 837. The topological polar surface area (TPSA) is 62.3 Å². The molecule has 0 radical (unpaired) electrons. The van der Waals surface area contributed by atoms with E-state index >= 15 is 0 Å². The molecule has 1 saturated heterocycles. The van der Waals surface area contributed by atoms with Crippen molar-refractivity contribution in [3.63, 3.8) is 0 Å². The molecule has 2 aromatic heterocycles. The molecule has 0 amide bonds. The van der Waals surface area contributed by atoms with Gasteiger partial charge in [-0.2, -0.15) is 4.31 Å². The van der Waals surface area contributed by atoms with Gasteiger partial charge in [0.15, 0.2) is 0 Å². The smallest absolute Gasteiger partial charge is 0.252 e. The second-order valence-corrected chi connectivity index (χ2v) is 11.2. The number of hydrogen-bond acceptors (Lipinski definition) is 6. The minimum atomic E-state index is -3.39.